The highest BCUT2D eigenvalue weighted by Gasteiger charge is 2.10. The first-order valence-electron chi connectivity index (χ1n) is 6.21. The molecule has 0 atom stereocenters. The third kappa shape index (κ3) is 5.79. The molecule has 1 aromatic carbocycles. The Labute approximate surface area is 145 Å². The largest absolute Gasteiger partial charge is 0.484 e. The van der Waals surface area contributed by atoms with Gasteiger partial charge in [0.25, 0.3) is 5.91 Å². The quantitative estimate of drug-likeness (QED) is 0.426. The molecule has 2 aromatic rings. The van der Waals surface area contributed by atoms with Crippen LogP contribution in [-0.4, -0.2) is 28.0 Å². The van der Waals surface area contributed by atoms with Gasteiger partial charge in [0.2, 0.25) is 5.13 Å². The number of hydrogen-bond acceptors (Lipinski definition) is 6. The number of rotatable bonds is 6. The van der Waals surface area contributed by atoms with Crippen molar-refractivity contribution in [3.05, 3.63) is 27.8 Å². The van der Waals surface area contributed by atoms with Gasteiger partial charge in [0.15, 0.2) is 10.9 Å². The lowest BCUT2D eigenvalue weighted by Gasteiger charge is -2.05. The van der Waals surface area contributed by atoms with Gasteiger partial charge in [-0.1, -0.05) is 36.9 Å². The number of carbonyl (C=O) groups excluding carboxylic acids is 1. The summed E-state index contributed by atoms with van der Waals surface area (Å²) in [6.07, 6.45) is 0. The van der Waals surface area contributed by atoms with Gasteiger partial charge in [-0.15, -0.1) is 10.2 Å². The SMILES string of the molecule is CC(C)Sc1nnc(NC(=O)COc2ccc(I)cc2)s1. The highest BCUT2D eigenvalue weighted by atomic mass is 127. The summed E-state index contributed by atoms with van der Waals surface area (Å²) in [6.45, 7) is 4.12. The number of aromatic nitrogens is 2. The van der Waals surface area contributed by atoms with Crippen molar-refractivity contribution in [3.63, 3.8) is 0 Å². The molecule has 0 bridgehead atoms. The number of hydrogen-bond donors (Lipinski definition) is 1. The van der Waals surface area contributed by atoms with Crippen LogP contribution in [0.25, 0.3) is 0 Å². The first kappa shape index (κ1) is 16.5. The molecule has 2 rings (SSSR count). The maximum absolute atomic E-state index is 11.8. The normalized spacial score (nSPS) is 10.7. The number of halogens is 1. The topological polar surface area (TPSA) is 64.1 Å². The molecule has 1 heterocycles. The predicted octanol–water partition coefficient (Wildman–Crippen LogP) is 3.66. The molecular weight excluding hydrogens is 421 g/mol. The van der Waals surface area contributed by atoms with E-state index in [1.165, 1.54) is 11.3 Å². The first-order valence-corrected chi connectivity index (χ1v) is 8.99. The number of nitrogens with zero attached hydrogens (tertiary/aromatic N) is 2. The lowest BCUT2D eigenvalue weighted by atomic mass is 10.3. The van der Waals surface area contributed by atoms with E-state index in [0.717, 1.165) is 7.91 Å². The van der Waals surface area contributed by atoms with Crippen LogP contribution in [0.5, 0.6) is 5.75 Å². The molecule has 112 valence electrons. The fourth-order valence-electron chi connectivity index (χ4n) is 1.34. The van der Waals surface area contributed by atoms with Crippen LogP contribution in [0.15, 0.2) is 28.6 Å². The maximum Gasteiger partial charge on any atom is 0.264 e. The molecule has 1 aromatic heterocycles. The maximum atomic E-state index is 11.8. The van der Waals surface area contributed by atoms with Crippen LogP contribution in [0.2, 0.25) is 0 Å². The molecule has 0 saturated carbocycles. The Balaban J connectivity index is 1.81. The molecule has 0 unspecified atom stereocenters. The fraction of sp³-hybridized carbons (Fsp3) is 0.308. The van der Waals surface area contributed by atoms with E-state index in [1.807, 2.05) is 24.3 Å². The lowest BCUT2D eigenvalue weighted by molar-refractivity contribution is -0.118. The third-order valence-corrected chi connectivity index (χ3v) is 4.82. The summed E-state index contributed by atoms with van der Waals surface area (Å²) in [5.74, 6) is 0.421. The molecule has 0 aliphatic heterocycles. The minimum atomic E-state index is -0.245. The zero-order chi connectivity index (χ0) is 15.2. The van der Waals surface area contributed by atoms with Gasteiger partial charge in [0, 0.05) is 8.82 Å². The van der Waals surface area contributed by atoms with E-state index in [0.29, 0.717) is 16.1 Å². The second-order valence-electron chi connectivity index (χ2n) is 4.33. The number of nitrogens with one attached hydrogen (secondary N) is 1. The molecule has 0 aliphatic carbocycles. The first-order chi connectivity index (χ1) is 10.0. The summed E-state index contributed by atoms with van der Waals surface area (Å²) in [5.41, 5.74) is 0. The van der Waals surface area contributed by atoms with E-state index in [2.05, 4.69) is 52.0 Å². The van der Waals surface area contributed by atoms with Crippen LogP contribution in [0, 0.1) is 3.57 Å². The van der Waals surface area contributed by atoms with Crippen molar-refractivity contribution in [1.82, 2.24) is 10.2 Å². The molecule has 0 fully saturated rings. The summed E-state index contributed by atoms with van der Waals surface area (Å²) in [6, 6.07) is 7.51. The third-order valence-electron chi connectivity index (χ3n) is 2.17. The van der Waals surface area contributed by atoms with Crippen molar-refractivity contribution in [1.29, 1.82) is 0 Å². The van der Waals surface area contributed by atoms with Crippen molar-refractivity contribution in [2.45, 2.75) is 23.4 Å². The summed E-state index contributed by atoms with van der Waals surface area (Å²) in [4.78, 5) is 11.8. The molecule has 1 amide bonds. The Morgan fingerprint density at radius 2 is 2.10 bits per heavy atom. The van der Waals surface area contributed by atoms with Gasteiger partial charge in [-0.25, -0.2) is 0 Å². The van der Waals surface area contributed by atoms with Crippen molar-refractivity contribution in [2.24, 2.45) is 0 Å². The second-order valence-corrected chi connectivity index (χ2v) is 8.38. The number of anilines is 1. The van der Waals surface area contributed by atoms with Gasteiger partial charge >= 0.3 is 0 Å². The Hall–Kier alpha value is -0.870. The van der Waals surface area contributed by atoms with Gasteiger partial charge in [-0.2, -0.15) is 0 Å². The van der Waals surface area contributed by atoms with Crippen molar-refractivity contribution < 1.29 is 9.53 Å². The predicted molar refractivity (Wildman–Crippen MR) is 94.2 cm³/mol. The summed E-state index contributed by atoms with van der Waals surface area (Å²) < 4.78 is 7.37. The molecule has 0 spiro atoms. The Kier molecular flexibility index (Phi) is 6.24. The highest BCUT2D eigenvalue weighted by molar-refractivity contribution is 14.1. The Bertz CT molecular complexity index is 602. The van der Waals surface area contributed by atoms with E-state index in [1.54, 1.807) is 11.8 Å². The zero-order valence-corrected chi connectivity index (χ0v) is 15.3. The van der Waals surface area contributed by atoms with E-state index in [4.69, 9.17) is 4.74 Å². The Morgan fingerprint density at radius 3 is 2.76 bits per heavy atom. The van der Waals surface area contributed by atoms with Crippen LogP contribution in [0.3, 0.4) is 0 Å². The van der Waals surface area contributed by atoms with Gasteiger partial charge in [-0.3, -0.25) is 10.1 Å². The molecule has 0 radical (unpaired) electrons. The van der Waals surface area contributed by atoms with Gasteiger partial charge in [-0.05, 0) is 46.9 Å². The molecule has 0 aliphatic rings. The number of benzene rings is 1. The van der Waals surface area contributed by atoms with Crippen molar-refractivity contribution >= 4 is 56.7 Å². The monoisotopic (exact) mass is 435 g/mol. The second kappa shape index (κ2) is 7.95. The smallest absolute Gasteiger partial charge is 0.264 e. The minimum Gasteiger partial charge on any atom is -0.484 e. The molecule has 21 heavy (non-hydrogen) atoms. The number of carbonyl (C=O) groups is 1. The molecule has 5 nitrogen and oxygen atoms in total. The van der Waals surface area contributed by atoms with E-state index in [9.17, 15) is 4.79 Å². The number of thioether (sulfide) groups is 1. The molecular formula is C13H14IN3O2S2. The molecule has 8 heteroatoms. The van der Waals surface area contributed by atoms with E-state index in [-0.39, 0.29) is 12.5 Å². The van der Waals surface area contributed by atoms with Gasteiger partial charge in [0.05, 0.1) is 0 Å². The van der Waals surface area contributed by atoms with Crippen LogP contribution in [-0.2, 0) is 4.79 Å². The van der Waals surface area contributed by atoms with Gasteiger partial charge < -0.3 is 4.74 Å². The lowest BCUT2D eigenvalue weighted by Crippen LogP contribution is -2.20. The van der Waals surface area contributed by atoms with Gasteiger partial charge in [0.1, 0.15) is 5.75 Å². The van der Waals surface area contributed by atoms with E-state index >= 15 is 0 Å². The zero-order valence-electron chi connectivity index (χ0n) is 11.5. The standard InChI is InChI=1S/C13H14IN3O2S2/c1-8(2)20-13-17-16-12(21-13)15-11(18)7-19-10-5-3-9(14)4-6-10/h3-6,8H,7H2,1-2H3,(H,15,16,18). The van der Waals surface area contributed by atoms with Crippen molar-refractivity contribution in [2.75, 3.05) is 11.9 Å². The summed E-state index contributed by atoms with van der Waals surface area (Å²) in [5, 5.41) is 11.6. The summed E-state index contributed by atoms with van der Waals surface area (Å²) >= 11 is 5.20. The van der Waals surface area contributed by atoms with E-state index < -0.39 is 0 Å². The minimum absolute atomic E-state index is 0.0488. The molecule has 1 N–H and O–H groups in total. The molecule has 0 saturated heterocycles. The van der Waals surface area contributed by atoms with Crippen molar-refractivity contribution in [3.8, 4) is 5.75 Å². The van der Waals surface area contributed by atoms with Crippen LogP contribution in [0.4, 0.5) is 5.13 Å². The highest BCUT2D eigenvalue weighted by Crippen LogP contribution is 2.28. The number of amides is 1. The van der Waals surface area contributed by atoms with Crippen LogP contribution in [0.1, 0.15) is 13.8 Å². The average molecular weight is 435 g/mol. The fourth-order valence-corrected chi connectivity index (χ4v) is 3.70. The Morgan fingerprint density at radius 1 is 1.38 bits per heavy atom. The number of ether oxygens (including phenoxy) is 1. The van der Waals surface area contributed by atoms with Crippen LogP contribution < -0.4 is 10.1 Å². The summed E-state index contributed by atoms with van der Waals surface area (Å²) in [7, 11) is 0. The van der Waals surface area contributed by atoms with Crippen LogP contribution >= 0.6 is 45.7 Å². The average Bonchev–Trinajstić information content (AvgIpc) is 2.84.